The lowest BCUT2D eigenvalue weighted by Crippen LogP contribution is -2.20. The molecular formula is C19H17ClN4O3S. The van der Waals surface area contributed by atoms with Gasteiger partial charge in [0.1, 0.15) is 5.75 Å². The van der Waals surface area contributed by atoms with Gasteiger partial charge in [-0.05, 0) is 35.9 Å². The Balaban J connectivity index is 1.45. The molecule has 2 N–H and O–H groups in total. The van der Waals surface area contributed by atoms with Crippen molar-refractivity contribution in [2.45, 2.75) is 12.8 Å². The number of carbonyl (C=O) groups excluding carboxylic acids is 2. The van der Waals surface area contributed by atoms with E-state index in [-0.39, 0.29) is 24.7 Å². The summed E-state index contributed by atoms with van der Waals surface area (Å²) in [6.07, 6.45) is 1.55. The minimum atomic E-state index is -0.352. The molecule has 0 aliphatic carbocycles. The number of methoxy groups -OCH3 is 1. The summed E-state index contributed by atoms with van der Waals surface area (Å²) in [7, 11) is 1.59. The second-order valence-electron chi connectivity index (χ2n) is 5.75. The first-order valence-corrected chi connectivity index (χ1v) is 9.55. The van der Waals surface area contributed by atoms with E-state index in [9.17, 15) is 9.59 Å². The van der Waals surface area contributed by atoms with Gasteiger partial charge in [-0.1, -0.05) is 35.1 Å². The molecule has 0 atom stereocenters. The van der Waals surface area contributed by atoms with Crippen molar-refractivity contribution < 1.29 is 14.3 Å². The molecular weight excluding hydrogens is 400 g/mol. The Labute approximate surface area is 170 Å². The first kappa shape index (κ1) is 19.8. The number of hydrazone groups is 1. The number of anilines is 1. The van der Waals surface area contributed by atoms with Crippen LogP contribution >= 0.6 is 22.9 Å². The molecule has 7 nitrogen and oxygen atoms in total. The highest BCUT2D eigenvalue weighted by atomic mass is 35.5. The van der Waals surface area contributed by atoms with Crippen LogP contribution in [0, 0.1) is 0 Å². The molecule has 0 radical (unpaired) electrons. The molecule has 2 amide bonds. The fraction of sp³-hybridized carbons (Fsp3) is 0.158. The third-order valence-electron chi connectivity index (χ3n) is 3.69. The quantitative estimate of drug-likeness (QED) is 0.452. The van der Waals surface area contributed by atoms with Crippen LogP contribution < -0.4 is 15.5 Å². The number of hydrogen-bond acceptors (Lipinski definition) is 6. The molecule has 0 saturated heterocycles. The predicted molar refractivity (Wildman–Crippen MR) is 111 cm³/mol. The van der Waals surface area contributed by atoms with Crippen LogP contribution in [0.1, 0.15) is 18.4 Å². The lowest BCUT2D eigenvalue weighted by Gasteiger charge is -2.01. The van der Waals surface area contributed by atoms with Gasteiger partial charge in [0.05, 0.1) is 23.5 Å². The summed E-state index contributed by atoms with van der Waals surface area (Å²) < 4.78 is 6.08. The highest BCUT2D eigenvalue weighted by molar-refractivity contribution is 7.22. The Morgan fingerprint density at radius 1 is 1.18 bits per heavy atom. The van der Waals surface area contributed by atoms with Crippen LogP contribution in [-0.4, -0.2) is 30.1 Å². The first-order chi connectivity index (χ1) is 13.5. The van der Waals surface area contributed by atoms with Gasteiger partial charge in [0.2, 0.25) is 11.8 Å². The van der Waals surface area contributed by atoms with E-state index in [2.05, 4.69) is 20.8 Å². The Hall–Kier alpha value is -2.97. The second-order valence-corrected chi connectivity index (χ2v) is 7.21. The van der Waals surface area contributed by atoms with Crippen molar-refractivity contribution in [3.8, 4) is 5.75 Å². The highest BCUT2D eigenvalue weighted by Crippen LogP contribution is 2.29. The zero-order valence-corrected chi connectivity index (χ0v) is 16.5. The average Bonchev–Trinajstić information content (AvgIpc) is 3.09. The average molecular weight is 417 g/mol. The van der Waals surface area contributed by atoms with E-state index in [4.69, 9.17) is 16.3 Å². The molecule has 2 aromatic carbocycles. The molecule has 144 valence electrons. The van der Waals surface area contributed by atoms with E-state index in [0.29, 0.717) is 10.2 Å². The number of rotatable bonds is 7. The van der Waals surface area contributed by atoms with Crippen LogP contribution in [0.25, 0.3) is 10.2 Å². The Kier molecular flexibility index (Phi) is 6.57. The Bertz CT molecular complexity index is 1020. The monoisotopic (exact) mass is 416 g/mol. The summed E-state index contributed by atoms with van der Waals surface area (Å²) >= 11 is 7.15. The van der Waals surface area contributed by atoms with Gasteiger partial charge in [0.25, 0.3) is 0 Å². The standard InChI is InChI=1S/C19H17ClN4O3S/c1-27-14-6-7-15-16(10-14)28-19(22-15)23-17(25)8-9-18(26)24-21-11-12-2-4-13(20)5-3-12/h2-7,10-11H,8-9H2,1H3,(H,24,26)(H,22,23,25)/b21-11+. The molecule has 3 rings (SSSR count). The molecule has 0 aliphatic rings. The minimum Gasteiger partial charge on any atom is -0.497 e. The topological polar surface area (TPSA) is 92.7 Å². The fourth-order valence-corrected chi connectivity index (χ4v) is 3.31. The molecule has 0 bridgehead atoms. The number of amides is 2. The van der Waals surface area contributed by atoms with E-state index in [1.807, 2.05) is 18.2 Å². The van der Waals surface area contributed by atoms with Crippen molar-refractivity contribution in [1.29, 1.82) is 0 Å². The van der Waals surface area contributed by atoms with Crippen molar-refractivity contribution in [2.75, 3.05) is 12.4 Å². The largest absolute Gasteiger partial charge is 0.497 e. The number of hydrogen-bond donors (Lipinski definition) is 2. The molecule has 3 aromatic rings. The predicted octanol–water partition coefficient (Wildman–Crippen LogP) is 3.83. The third-order valence-corrected chi connectivity index (χ3v) is 4.88. The van der Waals surface area contributed by atoms with Crippen LogP contribution in [-0.2, 0) is 9.59 Å². The molecule has 0 spiro atoms. The third kappa shape index (κ3) is 5.51. The molecule has 0 aliphatic heterocycles. The lowest BCUT2D eigenvalue weighted by atomic mass is 10.2. The van der Waals surface area contributed by atoms with Gasteiger partial charge in [-0.2, -0.15) is 5.10 Å². The number of aromatic nitrogens is 1. The number of thiazole rings is 1. The summed E-state index contributed by atoms with van der Waals surface area (Å²) in [4.78, 5) is 28.2. The zero-order chi connectivity index (χ0) is 19.9. The smallest absolute Gasteiger partial charge is 0.240 e. The van der Waals surface area contributed by atoms with Gasteiger partial charge < -0.3 is 10.1 Å². The van der Waals surface area contributed by atoms with Crippen LogP contribution in [0.2, 0.25) is 5.02 Å². The van der Waals surface area contributed by atoms with Crippen molar-refractivity contribution >= 4 is 56.3 Å². The molecule has 1 aromatic heterocycles. The number of nitrogens with one attached hydrogen (secondary N) is 2. The molecule has 9 heteroatoms. The van der Waals surface area contributed by atoms with Crippen LogP contribution in [0.5, 0.6) is 5.75 Å². The van der Waals surface area contributed by atoms with E-state index >= 15 is 0 Å². The lowest BCUT2D eigenvalue weighted by molar-refractivity contribution is -0.124. The van der Waals surface area contributed by atoms with Crippen molar-refractivity contribution in [3.63, 3.8) is 0 Å². The van der Waals surface area contributed by atoms with Gasteiger partial charge in [-0.15, -0.1) is 0 Å². The second kappa shape index (κ2) is 9.29. The van der Waals surface area contributed by atoms with Crippen LogP contribution in [0.4, 0.5) is 5.13 Å². The minimum absolute atomic E-state index is 0.0164. The maximum Gasteiger partial charge on any atom is 0.240 e. The van der Waals surface area contributed by atoms with Crippen molar-refractivity contribution in [1.82, 2.24) is 10.4 Å². The maximum absolute atomic E-state index is 12.0. The van der Waals surface area contributed by atoms with Gasteiger partial charge in [-0.25, -0.2) is 10.4 Å². The molecule has 0 fully saturated rings. The van der Waals surface area contributed by atoms with E-state index < -0.39 is 0 Å². The molecule has 1 heterocycles. The number of fused-ring (bicyclic) bond motifs is 1. The van der Waals surface area contributed by atoms with Gasteiger partial charge in [0.15, 0.2) is 5.13 Å². The van der Waals surface area contributed by atoms with Crippen LogP contribution in [0.15, 0.2) is 47.6 Å². The van der Waals surface area contributed by atoms with Gasteiger partial charge in [-0.3, -0.25) is 9.59 Å². The van der Waals surface area contributed by atoms with Gasteiger partial charge in [0, 0.05) is 17.9 Å². The van der Waals surface area contributed by atoms with Gasteiger partial charge >= 0.3 is 0 Å². The van der Waals surface area contributed by atoms with E-state index in [0.717, 1.165) is 21.5 Å². The Morgan fingerprint density at radius 3 is 2.68 bits per heavy atom. The summed E-state index contributed by atoms with van der Waals surface area (Å²) in [6.45, 7) is 0. The van der Waals surface area contributed by atoms with E-state index in [1.54, 1.807) is 31.4 Å². The number of ether oxygens (including phenoxy) is 1. The number of benzene rings is 2. The van der Waals surface area contributed by atoms with Crippen LogP contribution in [0.3, 0.4) is 0 Å². The van der Waals surface area contributed by atoms with Crippen molar-refractivity contribution in [3.05, 3.63) is 53.1 Å². The maximum atomic E-state index is 12.0. The van der Waals surface area contributed by atoms with E-state index in [1.165, 1.54) is 17.6 Å². The summed E-state index contributed by atoms with van der Waals surface area (Å²) in [6, 6.07) is 12.5. The SMILES string of the molecule is COc1ccc2nc(NC(=O)CCC(=O)N/N=C/c3ccc(Cl)cc3)sc2c1. The number of carbonyl (C=O) groups is 2. The summed E-state index contributed by atoms with van der Waals surface area (Å²) in [5.41, 5.74) is 3.96. The fourth-order valence-electron chi connectivity index (χ4n) is 2.28. The number of nitrogens with zero attached hydrogens (tertiary/aromatic N) is 2. The summed E-state index contributed by atoms with van der Waals surface area (Å²) in [5, 5.41) is 7.67. The normalized spacial score (nSPS) is 10.9. The Morgan fingerprint density at radius 2 is 1.93 bits per heavy atom. The first-order valence-electron chi connectivity index (χ1n) is 8.35. The summed E-state index contributed by atoms with van der Waals surface area (Å²) in [5.74, 6) is 0.0853. The molecule has 0 unspecified atom stereocenters. The highest BCUT2D eigenvalue weighted by Gasteiger charge is 2.10. The number of halogens is 1. The zero-order valence-electron chi connectivity index (χ0n) is 14.9. The molecule has 0 saturated carbocycles. The van der Waals surface area contributed by atoms with Crippen molar-refractivity contribution in [2.24, 2.45) is 5.10 Å². The molecule has 28 heavy (non-hydrogen) atoms.